The molecular weight excluding hydrogens is 252 g/mol. The van der Waals surface area contributed by atoms with Crippen molar-refractivity contribution in [3.05, 3.63) is 60.2 Å². The van der Waals surface area contributed by atoms with E-state index in [1.165, 1.54) is 0 Å². The highest BCUT2D eigenvalue weighted by Crippen LogP contribution is 2.65. The highest BCUT2D eigenvalue weighted by Gasteiger charge is 2.28. The molecule has 2 rings (SSSR count). The van der Waals surface area contributed by atoms with Crippen molar-refractivity contribution in [2.75, 3.05) is 0 Å². The molecule has 0 heterocycles. The average molecular weight is 260 g/mol. The molecule has 0 radical (unpaired) electrons. The number of hydrogen-bond acceptors (Lipinski definition) is 0. The van der Waals surface area contributed by atoms with Crippen molar-refractivity contribution < 1.29 is 16.6 Å². The van der Waals surface area contributed by atoms with Gasteiger partial charge in [-0.2, -0.15) is 0 Å². The van der Waals surface area contributed by atoms with E-state index in [2.05, 4.69) is 0 Å². The van der Waals surface area contributed by atoms with Crippen molar-refractivity contribution in [3.63, 3.8) is 0 Å². The molecule has 0 fully saturated rings. The van der Waals surface area contributed by atoms with Gasteiger partial charge in [-0.1, -0.05) is 0 Å². The van der Waals surface area contributed by atoms with Gasteiger partial charge >= 0.3 is 0 Å². The van der Waals surface area contributed by atoms with Gasteiger partial charge in [0.05, 0.1) is 9.79 Å². The van der Waals surface area contributed by atoms with Crippen molar-refractivity contribution in [3.8, 4) is 0 Å². The summed E-state index contributed by atoms with van der Waals surface area (Å²) in [4.78, 5) is -0.490. The summed E-state index contributed by atoms with van der Waals surface area (Å²) in [5, 5.41) is 0. The number of halogens is 4. The van der Waals surface area contributed by atoms with Gasteiger partial charge in [0.25, 0.3) is 0 Å². The molecule has 0 aromatic heterocycles. The summed E-state index contributed by atoms with van der Waals surface area (Å²) in [5.74, 6) is -1.13. The third-order valence-electron chi connectivity index (χ3n) is 2.22. The Morgan fingerprint density at radius 1 is 0.588 bits per heavy atom. The van der Waals surface area contributed by atoms with E-state index in [0.29, 0.717) is 0 Å². The zero-order valence-corrected chi connectivity index (χ0v) is 9.36. The van der Waals surface area contributed by atoms with Gasteiger partial charge in [-0.3, -0.25) is 0 Å². The predicted molar refractivity (Wildman–Crippen MR) is 59.1 cm³/mol. The highest BCUT2D eigenvalue weighted by molar-refractivity contribution is 8.25. The van der Waals surface area contributed by atoms with Crippen LogP contribution in [0.5, 0.6) is 0 Å². The lowest BCUT2D eigenvalue weighted by Crippen LogP contribution is -1.90. The fourth-order valence-corrected chi connectivity index (χ4v) is 2.58. The van der Waals surface area contributed by atoms with Gasteiger partial charge in [0.2, 0.25) is 0 Å². The van der Waals surface area contributed by atoms with Crippen LogP contribution in [0.15, 0.2) is 58.3 Å². The van der Waals surface area contributed by atoms with Crippen LogP contribution in [0.2, 0.25) is 0 Å². The topological polar surface area (TPSA) is 0 Å². The summed E-state index contributed by atoms with van der Waals surface area (Å²) >= 11 is 0. The summed E-state index contributed by atoms with van der Waals surface area (Å²) < 4.78 is 53.3. The van der Waals surface area contributed by atoms with E-state index < -0.39 is 22.4 Å². The first-order valence-electron chi connectivity index (χ1n) is 4.74. The molecular formula is C12H8F4S. The molecule has 90 valence electrons. The van der Waals surface area contributed by atoms with Crippen molar-refractivity contribution in [1.29, 1.82) is 0 Å². The molecule has 0 saturated carbocycles. The lowest BCUT2D eigenvalue weighted by atomic mass is 10.3. The summed E-state index contributed by atoms with van der Waals surface area (Å²) in [6.07, 6.45) is 0. The molecule has 0 amide bonds. The van der Waals surface area contributed by atoms with Crippen LogP contribution < -0.4 is 0 Å². The molecule has 0 N–H and O–H groups in total. The van der Waals surface area contributed by atoms with Crippen LogP contribution in [-0.4, -0.2) is 0 Å². The Balaban J connectivity index is 2.41. The molecule has 0 spiro atoms. The number of benzene rings is 2. The Labute approximate surface area is 97.8 Å². The van der Waals surface area contributed by atoms with E-state index in [0.717, 1.165) is 48.5 Å². The summed E-state index contributed by atoms with van der Waals surface area (Å²) in [5.41, 5.74) is 0. The molecule has 0 aliphatic heterocycles. The van der Waals surface area contributed by atoms with Gasteiger partial charge in [-0.05, 0) is 48.5 Å². The third-order valence-corrected chi connectivity index (χ3v) is 3.95. The Hall–Kier alpha value is -1.49. The molecule has 0 bridgehead atoms. The lowest BCUT2D eigenvalue weighted by Gasteiger charge is -2.21. The maximum atomic E-state index is 14.0. The van der Waals surface area contributed by atoms with E-state index in [1.807, 2.05) is 0 Å². The first-order chi connectivity index (χ1) is 8.00. The summed E-state index contributed by atoms with van der Waals surface area (Å²) in [6.45, 7) is 0. The molecule has 0 atom stereocenters. The van der Waals surface area contributed by atoms with Crippen LogP contribution in [0.3, 0.4) is 0 Å². The Morgan fingerprint density at radius 2 is 0.882 bits per heavy atom. The molecule has 0 unspecified atom stereocenters. The van der Waals surface area contributed by atoms with E-state index in [-0.39, 0.29) is 9.79 Å². The first-order valence-corrected chi connectivity index (χ1v) is 6.17. The van der Waals surface area contributed by atoms with E-state index in [1.54, 1.807) is 0 Å². The molecule has 2 aromatic rings. The largest absolute Gasteiger partial charge is 0.207 e. The van der Waals surface area contributed by atoms with E-state index >= 15 is 0 Å². The quantitative estimate of drug-likeness (QED) is 0.670. The minimum atomic E-state index is -4.21. The maximum Gasteiger partial charge on any atom is 0.123 e. The standard InChI is InChI=1S/C12H8F4S/c13-9-1-5-11(6-2-9)17(15,16)12-7-3-10(14)4-8-12/h1-8H. The fourth-order valence-electron chi connectivity index (χ4n) is 1.35. The second-order valence-electron chi connectivity index (χ2n) is 3.38. The van der Waals surface area contributed by atoms with Crippen LogP contribution in [-0.2, 0) is 0 Å². The van der Waals surface area contributed by atoms with Crippen molar-refractivity contribution in [1.82, 2.24) is 0 Å². The van der Waals surface area contributed by atoms with Gasteiger partial charge in [-0.25, -0.2) is 8.78 Å². The number of hydrogen-bond donors (Lipinski definition) is 0. The molecule has 17 heavy (non-hydrogen) atoms. The molecule has 5 heteroatoms. The Morgan fingerprint density at radius 3 is 1.18 bits per heavy atom. The zero-order valence-electron chi connectivity index (χ0n) is 8.54. The van der Waals surface area contributed by atoms with Crippen LogP contribution in [0.4, 0.5) is 16.6 Å². The van der Waals surface area contributed by atoms with Crippen LogP contribution in [0, 0.1) is 11.6 Å². The van der Waals surface area contributed by atoms with Crippen molar-refractivity contribution in [2.24, 2.45) is 0 Å². The maximum absolute atomic E-state index is 14.0. The van der Waals surface area contributed by atoms with Crippen molar-refractivity contribution in [2.45, 2.75) is 9.79 Å². The van der Waals surface area contributed by atoms with Gasteiger partial charge in [-0.15, -0.1) is 7.77 Å². The Bertz CT molecular complexity index is 458. The SMILES string of the molecule is Fc1ccc(S(F)(F)c2ccc(F)cc2)cc1. The fraction of sp³-hybridized carbons (Fsp3) is 0. The van der Waals surface area contributed by atoms with Gasteiger partial charge < -0.3 is 0 Å². The highest BCUT2D eigenvalue weighted by atomic mass is 32.3. The van der Waals surface area contributed by atoms with E-state index in [9.17, 15) is 16.6 Å². The molecule has 0 saturated heterocycles. The van der Waals surface area contributed by atoms with Crippen LogP contribution >= 0.6 is 10.8 Å². The van der Waals surface area contributed by atoms with E-state index in [4.69, 9.17) is 0 Å². The molecule has 0 aliphatic carbocycles. The Kier molecular flexibility index (Phi) is 3.11. The third kappa shape index (κ3) is 2.44. The van der Waals surface area contributed by atoms with Crippen LogP contribution in [0.1, 0.15) is 0 Å². The second kappa shape index (κ2) is 4.41. The second-order valence-corrected chi connectivity index (χ2v) is 5.26. The smallest absolute Gasteiger partial charge is 0.123 e. The molecule has 0 nitrogen and oxygen atoms in total. The number of rotatable bonds is 2. The van der Waals surface area contributed by atoms with Crippen LogP contribution in [0.25, 0.3) is 0 Å². The average Bonchev–Trinajstić information content (AvgIpc) is 2.30. The summed E-state index contributed by atoms with van der Waals surface area (Å²) in [6, 6.07) is 8.14. The lowest BCUT2D eigenvalue weighted by molar-refractivity contribution is 0.625. The minimum Gasteiger partial charge on any atom is -0.207 e. The van der Waals surface area contributed by atoms with Gasteiger partial charge in [0, 0.05) is 0 Å². The van der Waals surface area contributed by atoms with Crippen molar-refractivity contribution >= 4 is 10.8 Å². The molecule has 2 aromatic carbocycles. The minimum absolute atomic E-state index is 0.245. The predicted octanol–water partition coefficient (Wildman–Crippen LogP) is 4.96. The van der Waals surface area contributed by atoms with Gasteiger partial charge in [0.15, 0.2) is 0 Å². The first kappa shape index (κ1) is 12.0. The summed E-state index contributed by atoms with van der Waals surface area (Å²) in [7, 11) is -4.21. The van der Waals surface area contributed by atoms with Gasteiger partial charge in [0.1, 0.15) is 22.4 Å². The normalized spacial score (nSPS) is 12.5. The molecule has 0 aliphatic rings. The zero-order chi connectivity index (χ0) is 12.5. The monoisotopic (exact) mass is 260 g/mol.